The van der Waals surface area contributed by atoms with Crippen molar-refractivity contribution in [2.75, 3.05) is 11.6 Å². The van der Waals surface area contributed by atoms with Crippen LogP contribution in [-0.4, -0.2) is 17.5 Å². The largest absolute Gasteiger partial charge is 0.347 e. The molecule has 0 saturated carbocycles. The third-order valence-electron chi connectivity index (χ3n) is 0.838. The predicted octanol–water partition coefficient (Wildman–Crippen LogP) is 0.700. The molecule has 0 aliphatic heterocycles. The number of thiol groups is 2. The van der Waals surface area contributed by atoms with Crippen LogP contribution in [0, 0.1) is 0 Å². The van der Waals surface area contributed by atoms with Crippen LogP contribution in [0.1, 0.15) is 12.8 Å². The molecule has 0 aromatic rings. The number of rotatable bonds is 4. The van der Waals surface area contributed by atoms with Gasteiger partial charge in [0.05, 0.1) is 5.88 Å². The normalized spacial score (nSPS) is 9.11. The summed E-state index contributed by atoms with van der Waals surface area (Å²) in [5.74, 6) is 1.24. The van der Waals surface area contributed by atoms with Crippen LogP contribution in [-0.2, 0) is 4.79 Å². The molecule has 0 radical (unpaired) electrons. The van der Waals surface area contributed by atoms with Crippen molar-refractivity contribution in [3.8, 4) is 0 Å². The molecule has 0 aromatic heterocycles. The van der Waals surface area contributed by atoms with Gasteiger partial charge >= 0.3 is 0 Å². The molecule has 9 heavy (non-hydrogen) atoms. The second kappa shape index (κ2) is 6.29. The Morgan fingerprint density at radius 1 is 1.44 bits per heavy atom. The highest BCUT2D eigenvalue weighted by Gasteiger charge is 1.95. The summed E-state index contributed by atoms with van der Waals surface area (Å²) in [6.45, 7) is 0. The van der Waals surface area contributed by atoms with E-state index < -0.39 is 0 Å². The molecule has 0 aliphatic carbocycles. The lowest BCUT2D eigenvalue weighted by Gasteiger charge is -1.97. The van der Waals surface area contributed by atoms with E-state index in [-0.39, 0.29) is 5.91 Å². The first-order valence-electron chi connectivity index (χ1n) is 2.79. The number of hydrogen-bond acceptors (Lipinski definition) is 3. The molecule has 0 aliphatic rings. The third-order valence-corrected chi connectivity index (χ3v) is 1.31. The average molecular weight is 165 g/mol. The summed E-state index contributed by atoms with van der Waals surface area (Å²) < 4.78 is 0. The van der Waals surface area contributed by atoms with Crippen molar-refractivity contribution in [3.05, 3.63) is 0 Å². The maximum absolute atomic E-state index is 10.6. The highest BCUT2D eigenvalue weighted by Crippen LogP contribution is 1.90. The monoisotopic (exact) mass is 165 g/mol. The molecule has 0 atom stereocenters. The number of nitrogens with one attached hydrogen (secondary N) is 1. The van der Waals surface area contributed by atoms with Gasteiger partial charge < -0.3 is 5.32 Å². The van der Waals surface area contributed by atoms with E-state index in [0.29, 0.717) is 12.3 Å². The Kier molecular flexibility index (Phi) is 6.41. The van der Waals surface area contributed by atoms with Gasteiger partial charge in [-0.15, -0.1) is 0 Å². The Morgan fingerprint density at radius 2 is 2.11 bits per heavy atom. The minimum atomic E-state index is 0.0547. The molecule has 0 rings (SSSR count). The van der Waals surface area contributed by atoms with E-state index in [1.165, 1.54) is 0 Å². The third kappa shape index (κ3) is 6.05. The average Bonchev–Trinajstić information content (AvgIpc) is 1.85. The maximum Gasteiger partial charge on any atom is 0.220 e. The van der Waals surface area contributed by atoms with Crippen LogP contribution in [0.25, 0.3) is 0 Å². The lowest BCUT2D eigenvalue weighted by molar-refractivity contribution is -0.120. The molecule has 0 fully saturated rings. The van der Waals surface area contributed by atoms with Gasteiger partial charge in [-0.25, -0.2) is 0 Å². The van der Waals surface area contributed by atoms with Gasteiger partial charge in [-0.2, -0.15) is 25.3 Å². The van der Waals surface area contributed by atoms with Crippen LogP contribution in [0.5, 0.6) is 0 Å². The Bertz CT molecular complexity index is 87.0. The molecule has 54 valence electrons. The fraction of sp³-hybridized carbons (Fsp3) is 0.800. The number of carbonyl (C=O) groups is 1. The summed E-state index contributed by atoms with van der Waals surface area (Å²) in [4.78, 5) is 10.6. The zero-order valence-corrected chi connectivity index (χ0v) is 6.92. The molecule has 4 heteroatoms. The van der Waals surface area contributed by atoms with Gasteiger partial charge in [-0.1, -0.05) is 0 Å². The van der Waals surface area contributed by atoms with Crippen LogP contribution >= 0.6 is 25.3 Å². The molecule has 0 heterocycles. The highest BCUT2D eigenvalue weighted by molar-refractivity contribution is 7.80. The molecule has 0 saturated heterocycles. The first-order chi connectivity index (χ1) is 4.31. The SMILES string of the molecule is O=C(CCCS)NCS. The molecule has 0 unspecified atom stereocenters. The molecule has 1 amide bonds. The van der Waals surface area contributed by atoms with Crippen molar-refractivity contribution in [3.63, 3.8) is 0 Å². The summed E-state index contributed by atoms with van der Waals surface area (Å²) >= 11 is 7.80. The molecule has 0 spiro atoms. The van der Waals surface area contributed by atoms with Crippen LogP contribution < -0.4 is 5.32 Å². The van der Waals surface area contributed by atoms with Crippen molar-refractivity contribution in [2.24, 2.45) is 0 Å². The van der Waals surface area contributed by atoms with E-state index in [1.807, 2.05) is 0 Å². The molecule has 1 N–H and O–H groups in total. The topological polar surface area (TPSA) is 29.1 Å². The minimum absolute atomic E-state index is 0.0547. The second-order valence-corrected chi connectivity index (χ2v) is 2.35. The van der Waals surface area contributed by atoms with Crippen LogP contribution in [0.2, 0.25) is 0 Å². The fourth-order valence-corrected chi connectivity index (χ4v) is 0.751. The van der Waals surface area contributed by atoms with Crippen molar-refractivity contribution in [2.45, 2.75) is 12.8 Å². The second-order valence-electron chi connectivity index (χ2n) is 1.59. The van der Waals surface area contributed by atoms with Gasteiger partial charge in [-0.05, 0) is 12.2 Å². The Hall–Kier alpha value is 0.170. The standard InChI is InChI=1S/C5H11NOS2/c7-5(6-4-9)2-1-3-8/h8-9H,1-4H2,(H,6,7). The number of carbonyl (C=O) groups excluding carboxylic acids is 1. The first kappa shape index (κ1) is 9.17. The lowest BCUT2D eigenvalue weighted by Crippen LogP contribution is -2.21. The van der Waals surface area contributed by atoms with Gasteiger partial charge in [0.1, 0.15) is 0 Å². The first-order valence-corrected chi connectivity index (χ1v) is 4.06. The van der Waals surface area contributed by atoms with E-state index in [4.69, 9.17) is 0 Å². The fourth-order valence-electron chi connectivity index (χ4n) is 0.416. The van der Waals surface area contributed by atoms with Gasteiger partial charge in [0.25, 0.3) is 0 Å². The van der Waals surface area contributed by atoms with Crippen molar-refractivity contribution in [1.29, 1.82) is 0 Å². The smallest absolute Gasteiger partial charge is 0.220 e. The van der Waals surface area contributed by atoms with Gasteiger partial charge in [0, 0.05) is 6.42 Å². The molecular formula is C5H11NOS2. The van der Waals surface area contributed by atoms with Crippen LogP contribution in [0.4, 0.5) is 0 Å². The maximum atomic E-state index is 10.6. The minimum Gasteiger partial charge on any atom is -0.347 e. The van der Waals surface area contributed by atoms with Gasteiger partial charge in [0.2, 0.25) is 5.91 Å². The molecule has 2 nitrogen and oxygen atoms in total. The molecular weight excluding hydrogens is 154 g/mol. The zero-order chi connectivity index (χ0) is 7.11. The van der Waals surface area contributed by atoms with Crippen molar-refractivity contribution >= 4 is 31.2 Å². The van der Waals surface area contributed by atoms with Crippen LogP contribution in [0.15, 0.2) is 0 Å². The van der Waals surface area contributed by atoms with Gasteiger partial charge in [-0.3, -0.25) is 4.79 Å². The van der Waals surface area contributed by atoms with Gasteiger partial charge in [0.15, 0.2) is 0 Å². The number of hydrogen-bond donors (Lipinski definition) is 3. The molecule has 0 aromatic carbocycles. The Morgan fingerprint density at radius 3 is 2.56 bits per heavy atom. The summed E-state index contributed by atoms with van der Waals surface area (Å²) in [6, 6.07) is 0. The quantitative estimate of drug-likeness (QED) is 0.415. The van der Waals surface area contributed by atoms with Crippen LogP contribution in [0.3, 0.4) is 0 Å². The zero-order valence-electron chi connectivity index (χ0n) is 5.13. The van der Waals surface area contributed by atoms with Crippen molar-refractivity contribution in [1.82, 2.24) is 5.32 Å². The van der Waals surface area contributed by atoms with E-state index in [9.17, 15) is 4.79 Å². The van der Waals surface area contributed by atoms with E-state index >= 15 is 0 Å². The highest BCUT2D eigenvalue weighted by atomic mass is 32.1. The van der Waals surface area contributed by atoms with E-state index in [0.717, 1.165) is 12.2 Å². The number of amides is 1. The van der Waals surface area contributed by atoms with Crippen molar-refractivity contribution < 1.29 is 4.79 Å². The molecule has 0 bridgehead atoms. The Balaban J connectivity index is 3.06. The Labute approximate surface area is 66.2 Å². The summed E-state index contributed by atoms with van der Waals surface area (Å²) in [5, 5.41) is 2.57. The predicted molar refractivity (Wildman–Crippen MR) is 45.1 cm³/mol. The summed E-state index contributed by atoms with van der Waals surface area (Å²) in [6.07, 6.45) is 1.40. The van der Waals surface area contributed by atoms with E-state index in [1.54, 1.807) is 0 Å². The lowest BCUT2D eigenvalue weighted by atomic mass is 10.3. The summed E-state index contributed by atoms with van der Waals surface area (Å²) in [5.41, 5.74) is 0. The van der Waals surface area contributed by atoms with E-state index in [2.05, 4.69) is 30.6 Å². The summed E-state index contributed by atoms with van der Waals surface area (Å²) in [7, 11) is 0.